The zero-order chi connectivity index (χ0) is 15.1. The van der Waals surface area contributed by atoms with E-state index in [1.54, 1.807) is 0 Å². The molecule has 126 valence electrons. The minimum atomic E-state index is -3.74. The summed E-state index contributed by atoms with van der Waals surface area (Å²) in [5, 5.41) is 0. The molecule has 0 saturated heterocycles. The number of rotatable bonds is 15. The van der Waals surface area contributed by atoms with Gasteiger partial charge in [0, 0.05) is 0 Å². The van der Waals surface area contributed by atoms with Crippen LogP contribution >= 0.6 is 0 Å². The van der Waals surface area contributed by atoms with E-state index in [0.29, 0.717) is 6.42 Å². The Morgan fingerprint density at radius 3 is 1.19 bits per heavy atom. The molecule has 0 aliphatic rings. The first-order valence-electron chi connectivity index (χ1n) is 8.51. The Balaban J connectivity index is 0. The Morgan fingerprint density at radius 2 is 0.905 bits per heavy atom. The molecule has 0 unspecified atom stereocenters. The third-order valence-corrected chi connectivity index (χ3v) is 4.56. The summed E-state index contributed by atoms with van der Waals surface area (Å²) in [6.07, 6.45) is 17.4. The minimum absolute atomic E-state index is 0. The third-order valence-electron chi connectivity index (χ3n) is 3.76. The Labute approximate surface area is 162 Å². The van der Waals surface area contributed by atoms with Gasteiger partial charge in [0.25, 0.3) is 10.1 Å². The van der Waals surface area contributed by atoms with Gasteiger partial charge in [-0.1, -0.05) is 90.4 Å². The van der Waals surface area contributed by atoms with Gasteiger partial charge in [0.2, 0.25) is 0 Å². The predicted octanol–water partition coefficient (Wildman–Crippen LogP) is 4.44. The molecule has 3 nitrogen and oxygen atoms in total. The van der Waals surface area contributed by atoms with E-state index in [-0.39, 0.29) is 43.5 Å². The number of hydrogen-bond acceptors (Lipinski definition) is 2. The number of hydrogen-bond donors (Lipinski definition) is 1. The van der Waals surface area contributed by atoms with E-state index in [1.807, 2.05) is 0 Å². The second kappa shape index (κ2) is 17.5. The second-order valence-corrected chi connectivity index (χ2v) is 7.45. The van der Waals surface area contributed by atoms with Crippen LogP contribution in [-0.2, 0) is 10.1 Å². The van der Waals surface area contributed by atoms with Crippen molar-refractivity contribution in [3.63, 3.8) is 0 Å². The van der Waals surface area contributed by atoms with Crippen LogP contribution in [0, 0.1) is 0 Å². The second-order valence-electron chi connectivity index (χ2n) is 5.88. The summed E-state index contributed by atoms with van der Waals surface area (Å²) in [5.74, 6) is -0.0783. The van der Waals surface area contributed by atoms with E-state index in [0.717, 1.165) is 12.8 Å². The van der Waals surface area contributed by atoms with Gasteiger partial charge in [0.15, 0.2) is 0 Å². The van der Waals surface area contributed by atoms with Crippen molar-refractivity contribution in [2.75, 3.05) is 5.75 Å². The van der Waals surface area contributed by atoms with Gasteiger partial charge in [0.05, 0.1) is 5.75 Å². The van der Waals surface area contributed by atoms with Gasteiger partial charge in [-0.3, -0.25) is 4.55 Å². The van der Waals surface area contributed by atoms with E-state index < -0.39 is 10.1 Å². The molecule has 0 aliphatic heterocycles. The van der Waals surface area contributed by atoms with Crippen molar-refractivity contribution >= 4 is 47.9 Å². The van der Waals surface area contributed by atoms with Crippen molar-refractivity contribution in [2.24, 2.45) is 0 Å². The molecule has 0 amide bonds. The summed E-state index contributed by atoms with van der Waals surface area (Å²) in [5.41, 5.74) is 0. The van der Waals surface area contributed by atoms with Crippen LogP contribution in [0.25, 0.3) is 0 Å². The zero-order valence-electron chi connectivity index (χ0n) is 13.3. The van der Waals surface area contributed by atoms with Crippen molar-refractivity contribution < 1.29 is 13.0 Å². The summed E-state index contributed by atoms with van der Waals surface area (Å²) in [6.45, 7) is 2.25. The van der Waals surface area contributed by atoms with Gasteiger partial charge in [-0.25, -0.2) is 0 Å². The normalized spacial score (nSPS) is 11.3. The van der Waals surface area contributed by atoms with E-state index in [9.17, 15) is 8.42 Å². The summed E-state index contributed by atoms with van der Waals surface area (Å²) in [4.78, 5) is 0. The van der Waals surface area contributed by atoms with Crippen LogP contribution < -0.4 is 0 Å². The fourth-order valence-electron chi connectivity index (χ4n) is 2.48. The molecule has 21 heavy (non-hydrogen) atoms. The first-order valence-corrected chi connectivity index (χ1v) is 10.1. The third kappa shape index (κ3) is 23.6. The fraction of sp³-hybridized carbons (Fsp3) is 1.00. The first kappa shape index (κ1) is 24.4. The molecule has 0 radical (unpaired) electrons. The fourth-order valence-corrected chi connectivity index (χ4v) is 3.05. The Morgan fingerprint density at radius 1 is 0.619 bits per heavy atom. The topological polar surface area (TPSA) is 54.4 Å². The number of unbranched alkanes of at least 4 members (excludes halogenated alkanes) is 13. The van der Waals surface area contributed by atoms with Gasteiger partial charge < -0.3 is 0 Å². The molecule has 1 N–H and O–H groups in total. The van der Waals surface area contributed by atoms with Gasteiger partial charge in [0.1, 0.15) is 0 Å². The molecule has 5 heteroatoms. The molecular formula is C16H36CaO3S. The van der Waals surface area contributed by atoms with Gasteiger partial charge in [-0.15, -0.1) is 0 Å². The molecule has 0 saturated carbocycles. The van der Waals surface area contributed by atoms with Gasteiger partial charge in [-0.05, 0) is 6.42 Å². The molecule has 0 bridgehead atoms. The average molecular weight is 349 g/mol. The molecule has 0 aromatic carbocycles. The van der Waals surface area contributed by atoms with Crippen molar-refractivity contribution in [1.82, 2.24) is 0 Å². The van der Waals surface area contributed by atoms with Crippen LogP contribution in [0.4, 0.5) is 0 Å². The van der Waals surface area contributed by atoms with Crippen LogP contribution in [-0.4, -0.2) is 56.5 Å². The maximum absolute atomic E-state index is 10.5. The van der Waals surface area contributed by atoms with Crippen LogP contribution in [0.5, 0.6) is 0 Å². The monoisotopic (exact) mass is 348 g/mol. The summed E-state index contributed by atoms with van der Waals surface area (Å²) in [7, 11) is -3.74. The van der Waals surface area contributed by atoms with E-state index >= 15 is 0 Å². The first-order chi connectivity index (χ1) is 9.56. The van der Waals surface area contributed by atoms with E-state index in [1.165, 1.54) is 70.6 Å². The molecule has 0 heterocycles. The molecule has 0 rings (SSSR count). The molecule has 0 atom stereocenters. The molecular weight excluding hydrogens is 312 g/mol. The van der Waals surface area contributed by atoms with Gasteiger partial charge in [-0.2, -0.15) is 8.42 Å². The van der Waals surface area contributed by atoms with Crippen molar-refractivity contribution in [3.05, 3.63) is 0 Å². The average Bonchev–Trinajstić information content (AvgIpc) is 2.38. The summed E-state index contributed by atoms with van der Waals surface area (Å²) < 4.78 is 29.6. The predicted molar refractivity (Wildman–Crippen MR) is 95.3 cm³/mol. The molecule has 0 spiro atoms. The SMILES string of the molecule is CCCCCCCCCCCCCCCCS(=O)(=O)O.[CaH2]. The quantitative estimate of drug-likeness (QED) is 0.270. The zero-order valence-corrected chi connectivity index (χ0v) is 14.1. The van der Waals surface area contributed by atoms with Crippen molar-refractivity contribution in [2.45, 2.75) is 96.8 Å². The van der Waals surface area contributed by atoms with E-state index in [4.69, 9.17) is 4.55 Å². The van der Waals surface area contributed by atoms with Crippen LogP contribution in [0.3, 0.4) is 0 Å². The van der Waals surface area contributed by atoms with Crippen molar-refractivity contribution in [3.8, 4) is 0 Å². The van der Waals surface area contributed by atoms with Gasteiger partial charge >= 0.3 is 37.7 Å². The molecule has 0 aliphatic carbocycles. The van der Waals surface area contributed by atoms with Crippen LogP contribution in [0.2, 0.25) is 0 Å². The molecule has 0 fully saturated rings. The maximum atomic E-state index is 10.5. The standard InChI is InChI=1S/C16H34O3S.Ca.2H/c1-2-3-4-5-6-7-8-9-10-11-12-13-14-15-16-20(17,18)19;;;/h2-16H2,1H3,(H,17,18,19);;;. The van der Waals surface area contributed by atoms with Crippen LogP contribution in [0.15, 0.2) is 0 Å². The Bertz CT molecular complexity index is 292. The van der Waals surface area contributed by atoms with E-state index in [2.05, 4.69) is 6.92 Å². The molecule has 0 aromatic rings. The van der Waals surface area contributed by atoms with Crippen molar-refractivity contribution in [1.29, 1.82) is 0 Å². The summed E-state index contributed by atoms with van der Waals surface area (Å²) >= 11 is 0. The summed E-state index contributed by atoms with van der Waals surface area (Å²) in [6, 6.07) is 0. The Hall–Kier alpha value is 1.17. The van der Waals surface area contributed by atoms with Crippen LogP contribution in [0.1, 0.15) is 96.8 Å². The Kier molecular flexibility index (Phi) is 20.4. The molecule has 0 aromatic heterocycles.